The summed E-state index contributed by atoms with van der Waals surface area (Å²) >= 11 is 0. The molecule has 11 heteroatoms. The lowest BCUT2D eigenvalue weighted by atomic mass is 9.96. The average Bonchev–Trinajstić information content (AvgIpc) is 3.03. The Morgan fingerprint density at radius 2 is 1.53 bits per heavy atom. The fraction of sp³-hybridized carbons (Fsp3) is 0.472. The van der Waals surface area contributed by atoms with E-state index in [4.69, 9.17) is 17.2 Å². The Labute approximate surface area is 279 Å². The van der Waals surface area contributed by atoms with Crippen molar-refractivity contribution in [3.05, 3.63) is 77.9 Å². The Morgan fingerprint density at radius 1 is 0.894 bits per heavy atom. The first-order valence-corrected chi connectivity index (χ1v) is 16.4. The highest BCUT2D eigenvalue weighted by Gasteiger charge is 2.38. The van der Waals surface area contributed by atoms with Crippen molar-refractivity contribution in [3.63, 3.8) is 0 Å². The van der Waals surface area contributed by atoms with Crippen LogP contribution < -0.4 is 27.8 Å². The number of guanidine groups is 1. The second-order valence-electron chi connectivity index (χ2n) is 12.5. The summed E-state index contributed by atoms with van der Waals surface area (Å²) in [5.74, 6) is -2.02. The number of imide groups is 1. The molecule has 11 nitrogen and oxygen atoms in total. The highest BCUT2D eigenvalue weighted by molar-refractivity contribution is 6.01. The number of nitrogens with zero attached hydrogens (tertiary/aromatic N) is 2. The molecule has 2 rings (SSSR count). The number of carbonyl (C=O) groups excluding carboxylic acids is 4. The summed E-state index contributed by atoms with van der Waals surface area (Å²) < 4.78 is 0. The molecule has 0 saturated heterocycles. The normalized spacial score (nSPS) is 13.2. The largest absolute Gasteiger partial charge is 0.370 e. The van der Waals surface area contributed by atoms with Crippen molar-refractivity contribution in [3.8, 4) is 0 Å². The van der Waals surface area contributed by atoms with Crippen molar-refractivity contribution in [1.29, 1.82) is 0 Å². The molecule has 0 aliphatic heterocycles. The Balaban J connectivity index is 2.31. The van der Waals surface area contributed by atoms with Crippen LogP contribution in [0.5, 0.6) is 0 Å². The molecule has 3 atom stereocenters. The molecule has 0 aromatic heterocycles. The molecular weight excluding hydrogens is 594 g/mol. The van der Waals surface area contributed by atoms with Gasteiger partial charge in [0, 0.05) is 25.6 Å². The number of rotatable bonds is 19. The van der Waals surface area contributed by atoms with Crippen LogP contribution in [-0.4, -0.2) is 65.7 Å². The van der Waals surface area contributed by atoms with Gasteiger partial charge < -0.3 is 27.8 Å². The number of hydrogen-bond acceptors (Lipinski definition) is 6. The van der Waals surface area contributed by atoms with E-state index >= 15 is 0 Å². The zero-order valence-corrected chi connectivity index (χ0v) is 28.2. The second-order valence-corrected chi connectivity index (χ2v) is 12.5. The molecule has 8 N–H and O–H groups in total. The van der Waals surface area contributed by atoms with Crippen LogP contribution in [0.4, 0.5) is 0 Å². The molecule has 0 unspecified atom stereocenters. The van der Waals surface area contributed by atoms with Gasteiger partial charge in [-0.15, -0.1) is 0 Å². The number of amides is 4. The molecule has 0 saturated carbocycles. The monoisotopic (exact) mass is 647 g/mol. The van der Waals surface area contributed by atoms with Crippen LogP contribution in [0, 0.1) is 11.8 Å². The minimum absolute atomic E-state index is 0.00719. The Kier molecular flexibility index (Phi) is 16.9. The molecule has 2 aromatic rings. The number of aliphatic imine (C=N–C) groups is 1. The first-order chi connectivity index (χ1) is 22.4. The predicted molar refractivity (Wildman–Crippen MR) is 188 cm³/mol. The number of carbonyl (C=O) groups is 4. The minimum atomic E-state index is -1.03. The van der Waals surface area contributed by atoms with E-state index in [9.17, 15) is 19.2 Å². The molecule has 0 bridgehead atoms. The summed E-state index contributed by atoms with van der Waals surface area (Å²) in [6.07, 6.45) is 5.53. The SMILES string of the molecule is CC(C)C[C@H](N)C(=O)N(C(=O)[C@H](CCCN=C(N)N)NC(=O)CCCc1ccccc1)[C@H](CNC(=O)/C=C/c1ccccc1)C(C)C. The highest BCUT2D eigenvalue weighted by Crippen LogP contribution is 2.18. The third-order valence-electron chi connectivity index (χ3n) is 7.62. The summed E-state index contributed by atoms with van der Waals surface area (Å²) in [6, 6.07) is 16.5. The van der Waals surface area contributed by atoms with Crippen molar-refractivity contribution >= 4 is 35.7 Å². The standard InChI is InChI=1S/C36H53N7O4/c1-25(2)23-29(37)34(46)43(31(26(3)4)24-41-32(44)21-20-28-15-9-6-10-16-28)35(47)30(18-12-22-40-36(38)39)42-33(45)19-11-17-27-13-7-5-8-14-27/h5-10,13-16,20-21,25-26,29-31H,11-12,17-19,22-24,37H2,1-4H3,(H,41,44)(H,42,45)(H4,38,39,40)/b21-20+/t29-,30-,31+/m0/s1. The highest BCUT2D eigenvalue weighted by atomic mass is 16.2. The molecule has 0 radical (unpaired) electrons. The van der Waals surface area contributed by atoms with Crippen LogP contribution in [0.15, 0.2) is 71.7 Å². The molecule has 0 aliphatic rings. The van der Waals surface area contributed by atoms with Gasteiger partial charge in [-0.25, -0.2) is 0 Å². The summed E-state index contributed by atoms with van der Waals surface area (Å²) in [7, 11) is 0. The number of nitrogens with two attached hydrogens (primary N) is 3. The van der Waals surface area contributed by atoms with Gasteiger partial charge >= 0.3 is 0 Å². The lowest BCUT2D eigenvalue weighted by Crippen LogP contribution is -2.61. The van der Waals surface area contributed by atoms with E-state index in [2.05, 4.69) is 15.6 Å². The Hall–Kier alpha value is -4.51. The van der Waals surface area contributed by atoms with Crippen LogP contribution >= 0.6 is 0 Å². The molecule has 2 aromatic carbocycles. The van der Waals surface area contributed by atoms with Gasteiger partial charge in [0.05, 0.1) is 12.1 Å². The van der Waals surface area contributed by atoms with E-state index in [0.29, 0.717) is 25.7 Å². The van der Waals surface area contributed by atoms with Crippen LogP contribution in [0.1, 0.15) is 70.9 Å². The van der Waals surface area contributed by atoms with E-state index in [0.717, 1.165) is 16.0 Å². The van der Waals surface area contributed by atoms with Crippen molar-refractivity contribution in [2.75, 3.05) is 13.1 Å². The molecule has 0 spiro atoms. The zero-order valence-electron chi connectivity index (χ0n) is 28.2. The number of aryl methyl sites for hydroxylation is 1. The van der Waals surface area contributed by atoms with Gasteiger partial charge in [0.1, 0.15) is 6.04 Å². The number of benzene rings is 2. The van der Waals surface area contributed by atoms with E-state index in [1.165, 1.54) is 6.08 Å². The maximum absolute atomic E-state index is 14.4. The third kappa shape index (κ3) is 14.6. The minimum Gasteiger partial charge on any atom is -0.370 e. The molecule has 256 valence electrons. The maximum Gasteiger partial charge on any atom is 0.252 e. The van der Waals surface area contributed by atoms with Crippen molar-refractivity contribution in [2.45, 2.75) is 84.3 Å². The van der Waals surface area contributed by atoms with Gasteiger partial charge in [-0.05, 0) is 61.1 Å². The molecular formula is C36H53N7O4. The first kappa shape index (κ1) is 38.7. The van der Waals surface area contributed by atoms with Crippen molar-refractivity contribution < 1.29 is 19.2 Å². The van der Waals surface area contributed by atoms with Gasteiger partial charge in [0.2, 0.25) is 17.7 Å². The van der Waals surface area contributed by atoms with Crippen molar-refractivity contribution in [2.24, 2.45) is 34.0 Å². The first-order valence-electron chi connectivity index (χ1n) is 16.4. The Bertz CT molecular complexity index is 1330. The van der Waals surface area contributed by atoms with Crippen LogP contribution in [0.25, 0.3) is 6.08 Å². The fourth-order valence-corrected chi connectivity index (χ4v) is 5.14. The quantitative estimate of drug-likeness (QED) is 0.0671. The summed E-state index contributed by atoms with van der Waals surface area (Å²) in [5, 5.41) is 5.72. The van der Waals surface area contributed by atoms with Gasteiger partial charge in [0.25, 0.3) is 5.91 Å². The molecule has 47 heavy (non-hydrogen) atoms. The van der Waals surface area contributed by atoms with E-state index in [-0.39, 0.29) is 55.5 Å². The Morgan fingerprint density at radius 3 is 2.13 bits per heavy atom. The van der Waals surface area contributed by atoms with Crippen LogP contribution in [0.2, 0.25) is 0 Å². The molecule has 4 amide bonds. The molecule has 0 fully saturated rings. The summed E-state index contributed by atoms with van der Waals surface area (Å²) in [4.78, 5) is 59.4. The fourth-order valence-electron chi connectivity index (χ4n) is 5.14. The van der Waals surface area contributed by atoms with Crippen LogP contribution in [-0.2, 0) is 25.6 Å². The third-order valence-corrected chi connectivity index (χ3v) is 7.62. The van der Waals surface area contributed by atoms with E-state index < -0.39 is 29.9 Å². The maximum atomic E-state index is 14.4. The van der Waals surface area contributed by atoms with Crippen LogP contribution in [0.3, 0.4) is 0 Å². The van der Waals surface area contributed by atoms with Gasteiger partial charge in [0.15, 0.2) is 5.96 Å². The summed E-state index contributed by atoms with van der Waals surface area (Å²) in [6.45, 7) is 7.88. The van der Waals surface area contributed by atoms with E-state index in [1.807, 2.05) is 88.4 Å². The second kappa shape index (κ2) is 20.6. The molecule has 0 heterocycles. The molecule has 0 aliphatic carbocycles. The summed E-state index contributed by atoms with van der Waals surface area (Å²) in [5.41, 5.74) is 19.3. The van der Waals surface area contributed by atoms with Crippen molar-refractivity contribution in [1.82, 2.24) is 15.5 Å². The van der Waals surface area contributed by atoms with Gasteiger partial charge in [-0.3, -0.25) is 29.1 Å². The predicted octanol–water partition coefficient (Wildman–Crippen LogP) is 3.13. The lowest BCUT2D eigenvalue weighted by molar-refractivity contribution is -0.152. The topological polar surface area (TPSA) is 186 Å². The van der Waals surface area contributed by atoms with Gasteiger partial charge in [-0.1, -0.05) is 88.4 Å². The number of hydrogen-bond donors (Lipinski definition) is 5. The number of nitrogens with one attached hydrogen (secondary N) is 2. The lowest BCUT2D eigenvalue weighted by Gasteiger charge is -2.37. The van der Waals surface area contributed by atoms with E-state index in [1.54, 1.807) is 6.08 Å². The zero-order chi connectivity index (χ0) is 34.8. The average molecular weight is 648 g/mol. The van der Waals surface area contributed by atoms with Gasteiger partial charge in [-0.2, -0.15) is 0 Å². The smallest absolute Gasteiger partial charge is 0.252 e.